The van der Waals surface area contributed by atoms with E-state index in [4.69, 9.17) is 10.5 Å². The van der Waals surface area contributed by atoms with Crippen molar-refractivity contribution in [3.8, 4) is 22.8 Å². The minimum absolute atomic E-state index is 0.0467. The molecule has 0 aliphatic rings. The average molecular weight is 323 g/mol. The molecule has 124 valence electrons. The highest BCUT2D eigenvalue weighted by Gasteiger charge is 2.09. The molecule has 0 fully saturated rings. The molecule has 5 heteroatoms. The molecule has 0 spiro atoms. The lowest BCUT2D eigenvalue weighted by molar-refractivity contribution is 0.301. The Labute approximate surface area is 141 Å². The monoisotopic (exact) mass is 323 g/mol. The molecule has 0 amide bonds. The molecule has 0 bridgehead atoms. The zero-order chi connectivity index (χ0) is 16.9. The smallest absolute Gasteiger partial charge is 0.145 e. The number of ether oxygens (including phenoxy) is 1. The van der Waals surface area contributed by atoms with E-state index in [1.165, 1.54) is 0 Å². The predicted molar refractivity (Wildman–Crippen MR) is 95.0 cm³/mol. The lowest BCUT2D eigenvalue weighted by Crippen LogP contribution is -2.06. The second-order valence-electron chi connectivity index (χ2n) is 5.63. The van der Waals surface area contributed by atoms with Crippen molar-refractivity contribution in [3.63, 3.8) is 0 Å². The summed E-state index contributed by atoms with van der Waals surface area (Å²) in [6.07, 6.45) is 2.68. The molecule has 3 rings (SSSR count). The van der Waals surface area contributed by atoms with Gasteiger partial charge in [-0.25, -0.2) is 4.98 Å². The fourth-order valence-corrected chi connectivity index (χ4v) is 2.62. The highest BCUT2D eigenvalue weighted by molar-refractivity contribution is 5.62. The first-order valence-electron chi connectivity index (χ1n) is 7.94. The number of para-hydroxylation sites is 1. The molecular weight excluding hydrogens is 302 g/mol. The van der Waals surface area contributed by atoms with E-state index in [9.17, 15) is 5.11 Å². The number of aromatic nitrogens is 2. The van der Waals surface area contributed by atoms with E-state index in [1.54, 1.807) is 18.2 Å². The first-order chi connectivity index (χ1) is 11.7. The number of hydrogen-bond acceptors (Lipinski definition) is 4. The summed E-state index contributed by atoms with van der Waals surface area (Å²) in [5.74, 6) is 0.563. The third-order valence-electron chi connectivity index (χ3n) is 3.99. The van der Waals surface area contributed by atoms with Crippen LogP contribution >= 0.6 is 0 Å². The van der Waals surface area contributed by atoms with Crippen molar-refractivity contribution in [2.75, 3.05) is 12.3 Å². The molecule has 3 aromatic rings. The van der Waals surface area contributed by atoms with Gasteiger partial charge in [0, 0.05) is 17.8 Å². The van der Waals surface area contributed by atoms with Gasteiger partial charge in [-0.3, -0.25) is 0 Å². The molecule has 0 aliphatic heterocycles. The van der Waals surface area contributed by atoms with Gasteiger partial charge < -0.3 is 20.1 Å². The highest BCUT2D eigenvalue weighted by atomic mass is 16.5. The normalized spacial score (nSPS) is 10.7. The number of hydrogen-bond donors (Lipinski definition) is 2. The van der Waals surface area contributed by atoms with Gasteiger partial charge in [0.2, 0.25) is 0 Å². The van der Waals surface area contributed by atoms with Crippen molar-refractivity contribution in [1.29, 1.82) is 0 Å². The van der Waals surface area contributed by atoms with E-state index in [2.05, 4.69) is 28.6 Å². The summed E-state index contributed by atoms with van der Waals surface area (Å²) in [7, 11) is 0. The predicted octanol–water partition coefficient (Wildman–Crippen LogP) is 3.62. The summed E-state index contributed by atoms with van der Waals surface area (Å²) in [4.78, 5) is 4.52. The lowest BCUT2D eigenvalue weighted by atomic mass is 10.1. The number of nitrogen functional groups attached to an aromatic ring is 1. The van der Waals surface area contributed by atoms with E-state index in [-0.39, 0.29) is 11.4 Å². The number of nitrogens with zero attached hydrogens (tertiary/aromatic N) is 2. The number of anilines is 1. The van der Waals surface area contributed by atoms with Gasteiger partial charge in [0.05, 0.1) is 18.6 Å². The van der Waals surface area contributed by atoms with Crippen LogP contribution in [-0.2, 0) is 6.54 Å². The summed E-state index contributed by atoms with van der Waals surface area (Å²) < 4.78 is 7.77. The summed E-state index contributed by atoms with van der Waals surface area (Å²) >= 11 is 0. The van der Waals surface area contributed by atoms with E-state index in [0.717, 1.165) is 29.9 Å². The van der Waals surface area contributed by atoms with Crippen molar-refractivity contribution < 1.29 is 9.84 Å². The van der Waals surface area contributed by atoms with Gasteiger partial charge in [-0.2, -0.15) is 0 Å². The third-order valence-corrected chi connectivity index (χ3v) is 3.99. The van der Waals surface area contributed by atoms with Crippen LogP contribution in [0.1, 0.15) is 12.1 Å². The maximum Gasteiger partial charge on any atom is 0.145 e. The number of aryl methyl sites for hydroxylation is 1. The van der Waals surface area contributed by atoms with Crippen LogP contribution in [0.5, 0.6) is 11.5 Å². The van der Waals surface area contributed by atoms with Crippen molar-refractivity contribution in [2.24, 2.45) is 0 Å². The SMILES string of the molecule is Cc1c(-c2ccccc2)ncn1CCCOc1cccc(O)c1N. The molecule has 1 aromatic heterocycles. The Hall–Kier alpha value is -2.95. The van der Waals surface area contributed by atoms with E-state index in [0.29, 0.717) is 12.4 Å². The van der Waals surface area contributed by atoms with Crippen molar-refractivity contribution in [3.05, 3.63) is 60.6 Å². The molecule has 0 unspecified atom stereocenters. The van der Waals surface area contributed by atoms with Crippen LogP contribution in [0.4, 0.5) is 5.69 Å². The van der Waals surface area contributed by atoms with Gasteiger partial charge >= 0.3 is 0 Å². The molecule has 0 atom stereocenters. The Morgan fingerprint density at radius 2 is 1.92 bits per heavy atom. The van der Waals surface area contributed by atoms with Gasteiger partial charge in [0.1, 0.15) is 17.2 Å². The molecule has 0 saturated carbocycles. The quantitative estimate of drug-likeness (QED) is 0.413. The standard InChI is InChI=1S/C19H21N3O2/c1-14-19(15-7-3-2-4-8-15)21-13-22(14)11-6-12-24-17-10-5-9-16(23)18(17)20/h2-5,7-10,13,23H,6,11-12,20H2,1H3. The van der Waals surface area contributed by atoms with Gasteiger partial charge in [-0.1, -0.05) is 36.4 Å². The van der Waals surface area contributed by atoms with Crippen molar-refractivity contribution >= 4 is 5.69 Å². The first kappa shape index (κ1) is 15.9. The number of benzene rings is 2. The molecular formula is C19H21N3O2. The maximum atomic E-state index is 9.56. The molecule has 2 aromatic carbocycles. The van der Waals surface area contributed by atoms with Crippen LogP contribution in [0, 0.1) is 6.92 Å². The van der Waals surface area contributed by atoms with E-state index in [1.807, 2.05) is 24.5 Å². The lowest BCUT2D eigenvalue weighted by Gasteiger charge is -2.10. The summed E-state index contributed by atoms with van der Waals surface area (Å²) in [6, 6.07) is 15.2. The molecule has 0 aliphatic carbocycles. The number of phenols is 1. The third kappa shape index (κ3) is 3.35. The van der Waals surface area contributed by atoms with Gasteiger partial charge in [-0.15, -0.1) is 0 Å². The maximum absolute atomic E-state index is 9.56. The Morgan fingerprint density at radius 1 is 1.12 bits per heavy atom. The van der Waals surface area contributed by atoms with E-state index < -0.39 is 0 Å². The second kappa shape index (κ2) is 7.08. The molecule has 0 radical (unpaired) electrons. The van der Waals surface area contributed by atoms with Crippen LogP contribution in [0.25, 0.3) is 11.3 Å². The Balaban J connectivity index is 1.58. The van der Waals surface area contributed by atoms with Gasteiger partial charge in [0.25, 0.3) is 0 Å². The molecule has 5 nitrogen and oxygen atoms in total. The number of imidazole rings is 1. The number of aromatic hydroxyl groups is 1. The topological polar surface area (TPSA) is 73.3 Å². The molecule has 3 N–H and O–H groups in total. The minimum atomic E-state index is 0.0467. The van der Waals surface area contributed by atoms with Crippen LogP contribution in [0.2, 0.25) is 0 Å². The van der Waals surface area contributed by atoms with Crippen molar-refractivity contribution in [2.45, 2.75) is 19.9 Å². The second-order valence-corrected chi connectivity index (χ2v) is 5.63. The number of rotatable bonds is 6. The number of nitrogens with two attached hydrogens (primary N) is 1. The first-order valence-corrected chi connectivity index (χ1v) is 7.94. The largest absolute Gasteiger partial charge is 0.506 e. The molecule has 24 heavy (non-hydrogen) atoms. The summed E-state index contributed by atoms with van der Waals surface area (Å²) in [6.45, 7) is 3.40. The zero-order valence-corrected chi connectivity index (χ0v) is 13.6. The van der Waals surface area contributed by atoms with Crippen LogP contribution in [0.3, 0.4) is 0 Å². The Morgan fingerprint density at radius 3 is 2.71 bits per heavy atom. The van der Waals surface area contributed by atoms with Crippen LogP contribution in [0.15, 0.2) is 54.9 Å². The minimum Gasteiger partial charge on any atom is -0.506 e. The summed E-state index contributed by atoms with van der Waals surface area (Å²) in [5.41, 5.74) is 9.33. The van der Waals surface area contributed by atoms with E-state index >= 15 is 0 Å². The number of phenolic OH excluding ortho intramolecular Hbond substituents is 1. The fraction of sp³-hybridized carbons (Fsp3) is 0.211. The average Bonchev–Trinajstić information content (AvgIpc) is 2.97. The van der Waals surface area contributed by atoms with Crippen molar-refractivity contribution in [1.82, 2.24) is 9.55 Å². The zero-order valence-electron chi connectivity index (χ0n) is 13.6. The fourth-order valence-electron chi connectivity index (χ4n) is 2.62. The van der Waals surface area contributed by atoms with Gasteiger partial charge in [-0.05, 0) is 25.5 Å². The molecule has 1 heterocycles. The Kier molecular flexibility index (Phi) is 4.70. The highest BCUT2D eigenvalue weighted by Crippen LogP contribution is 2.30. The van der Waals surface area contributed by atoms with Crippen LogP contribution < -0.4 is 10.5 Å². The van der Waals surface area contributed by atoms with Crippen LogP contribution in [-0.4, -0.2) is 21.3 Å². The molecule has 0 saturated heterocycles. The Bertz CT molecular complexity index is 813. The summed E-state index contributed by atoms with van der Waals surface area (Å²) in [5, 5.41) is 9.56. The van der Waals surface area contributed by atoms with Gasteiger partial charge in [0.15, 0.2) is 0 Å².